The second-order valence-electron chi connectivity index (χ2n) is 13.9. The summed E-state index contributed by atoms with van der Waals surface area (Å²) in [6, 6.07) is 16.8. The van der Waals surface area contributed by atoms with Crippen molar-refractivity contribution in [3.05, 3.63) is 82.6 Å². The molecule has 2 unspecified atom stereocenters. The maximum atomic E-state index is 13.2. The molecule has 272 valence electrons. The predicted molar refractivity (Wildman–Crippen MR) is 204 cm³/mol. The highest BCUT2D eigenvalue weighted by atomic mass is 35.5. The van der Waals surface area contributed by atoms with Crippen LogP contribution in [0.3, 0.4) is 0 Å². The fourth-order valence-corrected chi connectivity index (χ4v) is 7.14. The summed E-state index contributed by atoms with van der Waals surface area (Å²) in [5.74, 6) is 1.03. The highest BCUT2D eigenvalue weighted by Crippen LogP contribution is 2.50. The molecule has 3 aromatic rings. The van der Waals surface area contributed by atoms with Crippen LogP contribution in [0.5, 0.6) is 5.75 Å². The number of para-hydroxylation sites is 1. The summed E-state index contributed by atoms with van der Waals surface area (Å²) in [5.41, 5.74) is 5.62. The molecule has 2 fully saturated rings. The average molecular weight is 723 g/mol. The molecule has 4 N–H and O–H groups in total. The number of hydrogen-bond acceptors (Lipinski definition) is 8. The number of aliphatic hydroxyl groups is 2. The quantitative estimate of drug-likeness (QED) is 0.0586. The number of pyridine rings is 1. The molecular formula is C40H55ClN4O4S. The second-order valence-corrected chi connectivity index (χ2v) is 15.0. The number of benzene rings is 2. The van der Waals surface area contributed by atoms with E-state index in [1.165, 1.54) is 11.1 Å². The van der Waals surface area contributed by atoms with E-state index in [1.807, 2.05) is 35.7 Å². The Bertz CT molecular complexity index is 1520. The molecular weight excluding hydrogens is 668 g/mol. The SMILES string of the molecule is CSNCCCCN(CCCC(C)c1ccc(Cl)c(CNC2(c3cnccc3-c3ccccc3OC3CC3)CC2)c1)C(=O)C(O)CCCCO. The molecule has 0 spiro atoms. The van der Waals surface area contributed by atoms with Crippen LogP contribution in [0.4, 0.5) is 0 Å². The van der Waals surface area contributed by atoms with Crippen LogP contribution in [0.2, 0.25) is 5.02 Å². The Kier molecular flexibility index (Phi) is 14.9. The van der Waals surface area contributed by atoms with Gasteiger partial charge in [0.05, 0.1) is 6.10 Å². The number of nitrogens with one attached hydrogen (secondary N) is 2. The molecule has 2 aliphatic carbocycles. The number of halogens is 1. The van der Waals surface area contributed by atoms with Gasteiger partial charge in [0.1, 0.15) is 11.9 Å². The topological polar surface area (TPSA) is 107 Å². The van der Waals surface area contributed by atoms with E-state index in [0.717, 1.165) is 85.4 Å². The third kappa shape index (κ3) is 10.9. The van der Waals surface area contributed by atoms with Crippen molar-refractivity contribution in [3.8, 4) is 16.9 Å². The van der Waals surface area contributed by atoms with Crippen LogP contribution < -0.4 is 14.8 Å². The summed E-state index contributed by atoms with van der Waals surface area (Å²) in [5, 5.41) is 24.3. The molecule has 5 rings (SSSR count). The molecule has 0 aliphatic heterocycles. The predicted octanol–water partition coefficient (Wildman–Crippen LogP) is 7.61. The monoisotopic (exact) mass is 722 g/mol. The lowest BCUT2D eigenvalue weighted by Crippen LogP contribution is -2.40. The molecule has 10 heteroatoms. The van der Waals surface area contributed by atoms with E-state index in [4.69, 9.17) is 21.4 Å². The Morgan fingerprint density at radius 1 is 1.06 bits per heavy atom. The van der Waals surface area contributed by atoms with Crippen LogP contribution in [0, 0.1) is 0 Å². The molecule has 0 saturated heterocycles. The summed E-state index contributed by atoms with van der Waals surface area (Å²) < 4.78 is 9.55. The fourth-order valence-electron chi connectivity index (χ4n) is 6.61. The number of nitrogens with zero attached hydrogens (tertiary/aromatic N) is 2. The van der Waals surface area contributed by atoms with Crippen molar-refractivity contribution in [1.29, 1.82) is 0 Å². The zero-order chi connectivity index (χ0) is 35.3. The van der Waals surface area contributed by atoms with E-state index < -0.39 is 6.10 Å². The maximum Gasteiger partial charge on any atom is 0.251 e. The van der Waals surface area contributed by atoms with Gasteiger partial charge in [-0.25, -0.2) is 0 Å². The van der Waals surface area contributed by atoms with E-state index in [0.29, 0.717) is 45.0 Å². The number of rotatable bonds is 23. The van der Waals surface area contributed by atoms with Crippen LogP contribution >= 0.6 is 23.5 Å². The lowest BCUT2D eigenvalue weighted by Gasteiger charge is -2.26. The van der Waals surface area contributed by atoms with Gasteiger partial charge in [-0.3, -0.25) is 14.5 Å². The van der Waals surface area contributed by atoms with Gasteiger partial charge >= 0.3 is 0 Å². The van der Waals surface area contributed by atoms with Gasteiger partial charge in [-0.05, 0) is 123 Å². The van der Waals surface area contributed by atoms with Gasteiger partial charge in [-0.15, -0.1) is 0 Å². The molecule has 2 aliphatic rings. The van der Waals surface area contributed by atoms with E-state index >= 15 is 0 Å². The first-order valence-electron chi connectivity index (χ1n) is 18.4. The third-order valence-electron chi connectivity index (χ3n) is 9.99. The van der Waals surface area contributed by atoms with Gasteiger partial charge < -0.3 is 25.2 Å². The number of unbranched alkanes of at least 4 members (excludes halogenated alkanes) is 2. The lowest BCUT2D eigenvalue weighted by atomic mass is 9.93. The van der Waals surface area contributed by atoms with E-state index in [-0.39, 0.29) is 24.0 Å². The minimum Gasteiger partial charge on any atom is -0.490 e. The zero-order valence-corrected chi connectivity index (χ0v) is 31.3. The number of aliphatic hydroxyl groups excluding tert-OH is 2. The molecule has 1 amide bonds. The summed E-state index contributed by atoms with van der Waals surface area (Å²) >= 11 is 8.38. The molecule has 8 nitrogen and oxygen atoms in total. The minimum atomic E-state index is -1.02. The average Bonchev–Trinajstić information content (AvgIpc) is 4.08. The largest absolute Gasteiger partial charge is 0.490 e. The van der Waals surface area contributed by atoms with Gasteiger partial charge in [0.25, 0.3) is 5.91 Å². The van der Waals surface area contributed by atoms with Crippen molar-refractivity contribution in [2.45, 2.75) is 108 Å². The smallest absolute Gasteiger partial charge is 0.251 e. The number of hydrogen-bond donors (Lipinski definition) is 4. The van der Waals surface area contributed by atoms with Crippen molar-refractivity contribution in [2.24, 2.45) is 0 Å². The number of ether oxygens (including phenoxy) is 1. The summed E-state index contributed by atoms with van der Waals surface area (Å²) in [4.78, 5) is 19.5. The van der Waals surface area contributed by atoms with Crippen LogP contribution in [0.25, 0.3) is 11.1 Å². The fraction of sp³-hybridized carbons (Fsp3) is 0.550. The first-order chi connectivity index (χ1) is 24.3. The number of amides is 1. The van der Waals surface area contributed by atoms with E-state index in [2.05, 4.69) is 58.3 Å². The normalized spacial score (nSPS) is 16.2. The molecule has 50 heavy (non-hydrogen) atoms. The second kappa shape index (κ2) is 19.3. The number of carbonyl (C=O) groups is 1. The Balaban J connectivity index is 1.20. The lowest BCUT2D eigenvalue weighted by molar-refractivity contribution is -0.140. The van der Waals surface area contributed by atoms with Crippen LogP contribution in [-0.4, -0.2) is 70.7 Å². The van der Waals surface area contributed by atoms with Crippen molar-refractivity contribution in [3.63, 3.8) is 0 Å². The van der Waals surface area contributed by atoms with E-state index in [9.17, 15) is 9.90 Å². The molecule has 2 aromatic carbocycles. The third-order valence-corrected chi connectivity index (χ3v) is 10.8. The van der Waals surface area contributed by atoms with Crippen molar-refractivity contribution in [2.75, 3.05) is 32.5 Å². The summed E-state index contributed by atoms with van der Waals surface area (Å²) in [7, 11) is 0. The van der Waals surface area contributed by atoms with Crippen LogP contribution in [-0.2, 0) is 16.9 Å². The number of aromatic nitrogens is 1. The van der Waals surface area contributed by atoms with Crippen molar-refractivity contribution >= 4 is 29.5 Å². The first-order valence-corrected chi connectivity index (χ1v) is 20.0. The summed E-state index contributed by atoms with van der Waals surface area (Å²) in [6.45, 7) is 5.09. The van der Waals surface area contributed by atoms with E-state index in [1.54, 1.807) is 11.9 Å². The van der Waals surface area contributed by atoms with Gasteiger partial charge in [-0.2, -0.15) is 0 Å². The Morgan fingerprint density at radius 3 is 2.62 bits per heavy atom. The van der Waals surface area contributed by atoms with Gasteiger partial charge in [-0.1, -0.05) is 60.8 Å². The van der Waals surface area contributed by atoms with Crippen molar-refractivity contribution in [1.82, 2.24) is 19.9 Å². The minimum absolute atomic E-state index is 0.0743. The molecule has 1 heterocycles. The molecule has 0 bridgehead atoms. The molecule has 2 saturated carbocycles. The Hall–Kier alpha value is -2.66. The summed E-state index contributed by atoms with van der Waals surface area (Å²) in [6.07, 6.45) is 14.7. The molecule has 1 aromatic heterocycles. The maximum absolute atomic E-state index is 13.2. The Labute approximate surface area is 307 Å². The Morgan fingerprint density at radius 2 is 1.86 bits per heavy atom. The van der Waals surface area contributed by atoms with Gasteiger partial charge in [0, 0.05) is 61.3 Å². The molecule has 0 radical (unpaired) electrons. The van der Waals surface area contributed by atoms with Gasteiger partial charge in [0.15, 0.2) is 0 Å². The van der Waals surface area contributed by atoms with Crippen LogP contribution in [0.15, 0.2) is 60.9 Å². The highest BCUT2D eigenvalue weighted by Gasteiger charge is 2.46. The van der Waals surface area contributed by atoms with Crippen LogP contribution in [0.1, 0.15) is 100 Å². The first kappa shape index (κ1) is 38.6. The number of carbonyl (C=O) groups excluding carboxylic acids is 1. The van der Waals surface area contributed by atoms with Gasteiger partial charge in [0.2, 0.25) is 0 Å². The van der Waals surface area contributed by atoms with Crippen molar-refractivity contribution < 1.29 is 19.7 Å². The standard InChI is InChI=1S/C40H55ClN4O4S/c1-29(10-9-24-45(23-7-6-21-44-50-2)39(48)37(47)12-5-8-25-46)30-14-17-36(41)31(26-30)27-43-40(19-20-40)35-28-42-22-18-33(35)34-11-3-4-13-38(34)49-32-15-16-32/h3-4,11,13-14,17-18,22,26,28-29,32,37,43-44,46-47H,5-10,12,15-16,19-21,23-25,27H2,1-2H3. The zero-order valence-electron chi connectivity index (χ0n) is 29.7. The molecule has 2 atom stereocenters. The highest BCUT2D eigenvalue weighted by molar-refractivity contribution is 7.96.